The van der Waals surface area contributed by atoms with E-state index >= 15 is 0 Å². The van der Waals surface area contributed by atoms with Crippen LogP contribution in [-0.2, 0) is 9.59 Å². The van der Waals surface area contributed by atoms with Crippen molar-refractivity contribution in [3.8, 4) is 0 Å². The highest BCUT2D eigenvalue weighted by Gasteiger charge is 2.65. The Hall–Kier alpha value is -1.41. The van der Waals surface area contributed by atoms with Gasteiger partial charge in [-0.25, -0.2) is 0 Å². The first-order chi connectivity index (χ1) is 9.31. The van der Waals surface area contributed by atoms with Crippen molar-refractivity contribution in [3.63, 3.8) is 0 Å². The maximum Gasteiger partial charge on any atom is 0.463 e. The van der Waals surface area contributed by atoms with E-state index in [0.29, 0.717) is 11.3 Å². The smallest absolute Gasteiger partial charge is 0.463 e. The molecule has 0 radical (unpaired) electrons. The molecule has 0 aromatic rings. The number of carboxylic acid groups (broad SMARTS) is 1. The number of alkyl halides is 5. The van der Waals surface area contributed by atoms with Gasteiger partial charge >= 0.3 is 24.0 Å². The van der Waals surface area contributed by atoms with Crippen LogP contribution in [0.25, 0.3) is 0 Å². The molecule has 0 spiro atoms. The summed E-state index contributed by atoms with van der Waals surface area (Å²) in [4.78, 5) is 22.9. The van der Waals surface area contributed by atoms with Crippen molar-refractivity contribution in [1.82, 2.24) is 4.90 Å². The van der Waals surface area contributed by atoms with Gasteiger partial charge < -0.3 is 10.0 Å². The Morgan fingerprint density at radius 1 is 1.14 bits per heavy atom. The zero-order chi connectivity index (χ0) is 16.6. The highest BCUT2D eigenvalue weighted by molar-refractivity contribution is 5.84. The number of halogens is 5. The summed E-state index contributed by atoms with van der Waals surface area (Å²) in [6.07, 6.45) is -5.43. The summed E-state index contributed by atoms with van der Waals surface area (Å²) in [7, 11) is 0. The van der Waals surface area contributed by atoms with Crippen molar-refractivity contribution in [3.05, 3.63) is 0 Å². The lowest BCUT2D eigenvalue weighted by Gasteiger charge is -2.40. The van der Waals surface area contributed by atoms with E-state index in [1.54, 1.807) is 0 Å². The van der Waals surface area contributed by atoms with Crippen LogP contribution in [0, 0.1) is 11.3 Å². The molecular weight excluding hydrogens is 301 g/mol. The first kappa shape index (κ1) is 17.6. The number of hydrogen-bond acceptors (Lipinski definition) is 2. The van der Waals surface area contributed by atoms with E-state index in [0.717, 1.165) is 0 Å². The average molecular weight is 317 g/mol. The molecule has 1 aliphatic heterocycles. The number of amides is 1. The van der Waals surface area contributed by atoms with Gasteiger partial charge in [0.2, 0.25) is 0 Å². The number of nitrogens with zero attached hydrogens (tertiary/aromatic N) is 1. The van der Waals surface area contributed by atoms with Gasteiger partial charge in [-0.15, -0.1) is 0 Å². The Kier molecular flexibility index (Phi) is 4.55. The maximum absolute atomic E-state index is 13.1. The highest BCUT2D eigenvalue weighted by atomic mass is 19.4. The van der Waals surface area contributed by atoms with E-state index < -0.39 is 41.9 Å². The molecule has 0 aliphatic carbocycles. The molecule has 4 nitrogen and oxygen atoms in total. The second-order valence-corrected chi connectivity index (χ2v) is 5.69. The number of hydrogen-bond donors (Lipinski definition) is 1. The fourth-order valence-electron chi connectivity index (χ4n) is 2.25. The Bertz CT molecular complexity index is 433. The molecule has 1 rings (SSSR count). The minimum Gasteiger partial charge on any atom is -0.481 e. The predicted molar refractivity (Wildman–Crippen MR) is 61.7 cm³/mol. The molecule has 122 valence electrons. The average Bonchev–Trinajstić information content (AvgIpc) is 2.36. The number of likely N-dealkylation sites (tertiary alicyclic amines) is 1. The summed E-state index contributed by atoms with van der Waals surface area (Å²) in [6.45, 7) is 2.05. The van der Waals surface area contributed by atoms with Crippen LogP contribution in [0.5, 0.6) is 0 Å². The van der Waals surface area contributed by atoms with Gasteiger partial charge in [-0.2, -0.15) is 22.0 Å². The van der Waals surface area contributed by atoms with E-state index in [1.165, 1.54) is 13.8 Å². The second-order valence-electron chi connectivity index (χ2n) is 5.69. The minimum atomic E-state index is -5.96. The first-order valence-electron chi connectivity index (χ1n) is 6.29. The molecule has 0 saturated carbocycles. The zero-order valence-corrected chi connectivity index (χ0v) is 11.5. The van der Waals surface area contributed by atoms with Crippen molar-refractivity contribution < 1.29 is 36.6 Å². The third kappa shape index (κ3) is 3.26. The molecule has 21 heavy (non-hydrogen) atoms. The third-order valence-electron chi connectivity index (χ3n) is 3.91. The van der Waals surface area contributed by atoms with E-state index in [2.05, 4.69) is 0 Å². The lowest BCUT2D eigenvalue weighted by molar-refractivity contribution is -0.275. The van der Waals surface area contributed by atoms with Crippen LogP contribution in [0.1, 0.15) is 26.7 Å². The number of carboxylic acids is 1. The SMILES string of the molecule is CC(C)(C(=O)O)C1CCCN(C(=O)C(F)(F)C(F)(F)F)C1. The molecule has 1 amide bonds. The van der Waals surface area contributed by atoms with Gasteiger partial charge in [0.25, 0.3) is 0 Å². The van der Waals surface area contributed by atoms with Gasteiger partial charge in [-0.05, 0) is 32.6 Å². The quantitative estimate of drug-likeness (QED) is 0.814. The van der Waals surface area contributed by atoms with Crippen LogP contribution >= 0.6 is 0 Å². The van der Waals surface area contributed by atoms with Gasteiger partial charge in [-0.1, -0.05) is 0 Å². The van der Waals surface area contributed by atoms with E-state index in [-0.39, 0.29) is 13.0 Å². The normalized spacial score (nSPS) is 21.3. The Morgan fingerprint density at radius 3 is 2.10 bits per heavy atom. The number of carbonyl (C=O) groups is 2. The fraction of sp³-hybridized carbons (Fsp3) is 0.833. The lowest BCUT2D eigenvalue weighted by atomic mass is 9.74. The van der Waals surface area contributed by atoms with E-state index in [9.17, 15) is 31.5 Å². The van der Waals surface area contributed by atoms with Gasteiger partial charge in [0.15, 0.2) is 0 Å². The Labute approximate surface area is 117 Å². The molecule has 9 heteroatoms. The highest BCUT2D eigenvalue weighted by Crippen LogP contribution is 2.39. The van der Waals surface area contributed by atoms with Crippen molar-refractivity contribution in [2.45, 2.75) is 38.8 Å². The third-order valence-corrected chi connectivity index (χ3v) is 3.91. The number of rotatable bonds is 3. The molecule has 0 aromatic carbocycles. The van der Waals surface area contributed by atoms with Crippen LogP contribution < -0.4 is 0 Å². The minimum absolute atomic E-state index is 0.182. The molecule has 1 aliphatic rings. The number of piperidine rings is 1. The molecule has 1 saturated heterocycles. The summed E-state index contributed by atoms with van der Waals surface area (Å²) in [5.41, 5.74) is -1.31. The van der Waals surface area contributed by atoms with Crippen LogP contribution in [0.2, 0.25) is 0 Å². The monoisotopic (exact) mass is 317 g/mol. The molecule has 0 bridgehead atoms. The van der Waals surface area contributed by atoms with Crippen LogP contribution in [0.15, 0.2) is 0 Å². The van der Waals surface area contributed by atoms with Gasteiger partial charge in [-0.3, -0.25) is 9.59 Å². The van der Waals surface area contributed by atoms with Crippen molar-refractivity contribution in [2.75, 3.05) is 13.1 Å². The number of aliphatic carboxylic acids is 1. The Morgan fingerprint density at radius 2 is 1.67 bits per heavy atom. The van der Waals surface area contributed by atoms with Gasteiger partial charge in [0.1, 0.15) is 0 Å². The molecule has 1 atom stereocenters. The zero-order valence-electron chi connectivity index (χ0n) is 11.5. The van der Waals surface area contributed by atoms with Crippen LogP contribution in [0.3, 0.4) is 0 Å². The van der Waals surface area contributed by atoms with E-state index in [4.69, 9.17) is 5.11 Å². The molecule has 1 unspecified atom stereocenters. The molecule has 0 aromatic heterocycles. The van der Waals surface area contributed by atoms with Crippen molar-refractivity contribution in [2.24, 2.45) is 11.3 Å². The van der Waals surface area contributed by atoms with Crippen molar-refractivity contribution in [1.29, 1.82) is 0 Å². The van der Waals surface area contributed by atoms with Crippen LogP contribution in [0.4, 0.5) is 22.0 Å². The van der Waals surface area contributed by atoms with Gasteiger partial charge in [0.05, 0.1) is 5.41 Å². The number of carbonyl (C=O) groups excluding carboxylic acids is 1. The summed E-state index contributed by atoms with van der Waals surface area (Å²) >= 11 is 0. The molecule has 1 N–H and O–H groups in total. The topological polar surface area (TPSA) is 57.6 Å². The molecule has 1 heterocycles. The summed E-state index contributed by atoms with van der Waals surface area (Å²) in [5.74, 6) is -9.65. The lowest BCUT2D eigenvalue weighted by Crippen LogP contribution is -2.56. The maximum atomic E-state index is 13.1. The largest absolute Gasteiger partial charge is 0.481 e. The first-order valence-corrected chi connectivity index (χ1v) is 6.29. The van der Waals surface area contributed by atoms with Gasteiger partial charge in [0, 0.05) is 13.1 Å². The second kappa shape index (κ2) is 5.42. The summed E-state index contributed by atoms with van der Waals surface area (Å²) in [5, 5.41) is 9.08. The Balaban J connectivity index is 2.92. The van der Waals surface area contributed by atoms with E-state index in [1.807, 2.05) is 0 Å². The summed E-state index contributed by atoms with van der Waals surface area (Å²) < 4.78 is 62.7. The standard InChI is InChI=1S/C12H16F5NO3/c1-10(2,9(20)21)7-4-3-5-18(6-7)8(19)11(13,14)12(15,16)17/h7H,3-6H2,1-2H3,(H,20,21). The van der Waals surface area contributed by atoms with Crippen LogP contribution in [-0.4, -0.2) is 47.1 Å². The predicted octanol–water partition coefficient (Wildman–Crippen LogP) is 2.53. The summed E-state index contributed by atoms with van der Waals surface area (Å²) in [6, 6.07) is 0. The molecular formula is C12H16F5NO3. The molecule has 1 fully saturated rings. The van der Waals surface area contributed by atoms with Crippen molar-refractivity contribution >= 4 is 11.9 Å². The fourth-order valence-corrected chi connectivity index (χ4v) is 2.25.